The summed E-state index contributed by atoms with van der Waals surface area (Å²) in [5.41, 5.74) is 8.11. The Morgan fingerprint density at radius 3 is 1.02 bits per heavy atom. The lowest BCUT2D eigenvalue weighted by Gasteiger charge is -2.26. The van der Waals surface area contributed by atoms with Gasteiger partial charge >= 0.3 is 0 Å². The molecule has 0 aliphatic carbocycles. The first-order chi connectivity index (χ1) is 18.3. The van der Waals surface area contributed by atoms with Gasteiger partial charge < -0.3 is 9.47 Å². The summed E-state index contributed by atoms with van der Waals surface area (Å²) in [6.45, 7) is 27.7. The minimum atomic E-state index is 0.0322. The third-order valence-corrected chi connectivity index (χ3v) is 7.31. The quantitative estimate of drug-likeness (QED) is 0.291. The van der Waals surface area contributed by atoms with Crippen LogP contribution >= 0.6 is 0 Å². The van der Waals surface area contributed by atoms with Crippen molar-refractivity contribution in [3.63, 3.8) is 0 Å². The van der Waals surface area contributed by atoms with E-state index in [1.165, 1.54) is 22.3 Å². The van der Waals surface area contributed by atoms with Gasteiger partial charge in [-0.05, 0) is 97.5 Å². The van der Waals surface area contributed by atoms with E-state index in [-0.39, 0.29) is 21.7 Å². The van der Waals surface area contributed by atoms with Gasteiger partial charge in [-0.1, -0.05) is 101 Å². The maximum atomic E-state index is 6.38. The van der Waals surface area contributed by atoms with Crippen LogP contribution in [0.15, 0.2) is 54.6 Å². The van der Waals surface area contributed by atoms with Crippen LogP contribution in [0.2, 0.25) is 0 Å². The number of hydrogen-bond donors (Lipinski definition) is 0. The molecule has 0 radical (unpaired) electrons. The Morgan fingerprint density at radius 2 is 0.775 bits per heavy atom. The van der Waals surface area contributed by atoms with Crippen LogP contribution in [0.25, 0.3) is 0 Å². The average molecular weight is 539 g/mol. The zero-order valence-corrected chi connectivity index (χ0v) is 27.0. The lowest BCUT2D eigenvalue weighted by molar-refractivity contribution is 0.298. The fourth-order valence-corrected chi connectivity index (χ4v) is 4.44. The van der Waals surface area contributed by atoms with Gasteiger partial charge in [-0.15, -0.1) is 6.42 Å². The standard InChI is InChI=1S/C38H50O2/c1-14-26-15-27(24-39-33-20-29(35(2,3)4)18-30(21-33)36(5,6)7)17-28(16-26)25-40-34-22-31(37(8,9)10)19-32(23-34)38(11,12)13/h1,15-23H,24-25H2,2-13H3. The second-order valence-corrected chi connectivity index (χ2v) is 15.3. The number of terminal acetylenes is 1. The summed E-state index contributed by atoms with van der Waals surface area (Å²) in [6, 6.07) is 19.5. The van der Waals surface area contributed by atoms with Crippen molar-refractivity contribution in [2.45, 2.75) is 118 Å². The zero-order chi connectivity index (χ0) is 30.1. The van der Waals surface area contributed by atoms with Crippen molar-refractivity contribution in [2.24, 2.45) is 0 Å². The first-order valence-electron chi connectivity index (χ1n) is 14.4. The first-order valence-corrected chi connectivity index (χ1v) is 14.4. The largest absolute Gasteiger partial charge is 0.489 e. The van der Waals surface area contributed by atoms with Gasteiger partial charge in [-0.2, -0.15) is 0 Å². The highest BCUT2D eigenvalue weighted by atomic mass is 16.5. The van der Waals surface area contributed by atoms with Gasteiger partial charge in [-0.3, -0.25) is 0 Å². The third kappa shape index (κ3) is 8.41. The molecule has 214 valence electrons. The van der Waals surface area contributed by atoms with Gasteiger partial charge in [0.15, 0.2) is 0 Å². The molecule has 0 heterocycles. The second-order valence-electron chi connectivity index (χ2n) is 15.3. The topological polar surface area (TPSA) is 18.5 Å². The van der Waals surface area contributed by atoms with Crippen molar-refractivity contribution in [3.8, 4) is 23.8 Å². The lowest BCUT2D eigenvalue weighted by atomic mass is 9.80. The van der Waals surface area contributed by atoms with E-state index in [9.17, 15) is 0 Å². The van der Waals surface area contributed by atoms with Crippen LogP contribution in [0, 0.1) is 12.3 Å². The summed E-state index contributed by atoms with van der Waals surface area (Å²) in [4.78, 5) is 0. The molecule has 3 aromatic carbocycles. The van der Waals surface area contributed by atoms with Crippen molar-refractivity contribution in [1.82, 2.24) is 0 Å². The predicted molar refractivity (Wildman–Crippen MR) is 171 cm³/mol. The van der Waals surface area contributed by atoms with Crippen LogP contribution in [-0.4, -0.2) is 0 Å². The Hall–Kier alpha value is -3.18. The van der Waals surface area contributed by atoms with E-state index in [2.05, 4.69) is 131 Å². The van der Waals surface area contributed by atoms with E-state index in [0.717, 1.165) is 28.2 Å². The van der Waals surface area contributed by atoms with E-state index < -0.39 is 0 Å². The fraction of sp³-hybridized carbons (Fsp3) is 0.474. The molecule has 2 heteroatoms. The van der Waals surface area contributed by atoms with Crippen LogP contribution < -0.4 is 9.47 Å². The van der Waals surface area contributed by atoms with E-state index >= 15 is 0 Å². The highest BCUT2D eigenvalue weighted by Crippen LogP contribution is 2.35. The predicted octanol–water partition coefficient (Wildman–Crippen LogP) is 10.0. The normalized spacial score (nSPS) is 12.7. The van der Waals surface area contributed by atoms with Gasteiger partial charge in [0.1, 0.15) is 24.7 Å². The highest BCUT2D eigenvalue weighted by Gasteiger charge is 2.22. The molecule has 0 N–H and O–H groups in total. The Balaban J connectivity index is 1.86. The van der Waals surface area contributed by atoms with Crippen molar-refractivity contribution < 1.29 is 9.47 Å². The van der Waals surface area contributed by atoms with Crippen LogP contribution in [0.5, 0.6) is 11.5 Å². The molecule has 0 saturated carbocycles. The lowest BCUT2D eigenvalue weighted by Crippen LogP contribution is -2.16. The molecule has 0 amide bonds. The average Bonchev–Trinajstić information content (AvgIpc) is 2.83. The molecule has 3 rings (SSSR count). The molecular formula is C38H50O2. The Labute approximate surface area is 244 Å². The molecular weight excluding hydrogens is 488 g/mol. The summed E-state index contributed by atoms with van der Waals surface area (Å²) in [5.74, 6) is 4.58. The zero-order valence-electron chi connectivity index (χ0n) is 27.0. The van der Waals surface area contributed by atoms with E-state index in [1.54, 1.807) is 0 Å². The smallest absolute Gasteiger partial charge is 0.120 e. The van der Waals surface area contributed by atoms with Gasteiger partial charge in [0.2, 0.25) is 0 Å². The van der Waals surface area contributed by atoms with Gasteiger partial charge in [0.05, 0.1) is 0 Å². The monoisotopic (exact) mass is 538 g/mol. The minimum absolute atomic E-state index is 0.0322. The number of ether oxygens (including phenoxy) is 2. The SMILES string of the molecule is C#Cc1cc(COc2cc(C(C)(C)C)cc(C(C)(C)C)c2)cc(COc2cc(C(C)(C)C)cc(C(C)(C)C)c2)c1. The van der Waals surface area contributed by atoms with Gasteiger partial charge in [0.25, 0.3) is 0 Å². The molecule has 0 spiro atoms. The third-order valence-electron chi connectivity index (χ3n) is 7.31. The summed E-state index contributed by atoms with van der Waals surface area (Å²) in [7, 11) is 0. The van der Waals surface area contributed by atoms with Crippen molar-refractivity contribution in [3.05, 3.63) is 93.5 Å². The van der Waals surface area contributed by atoms with Crippen LogP contribution in [0.1, 0.15) is 122 Å². The maximum Gasteiger partial charge on any atom is 0.120 e. The molecule has 0 bridgehead atoms. The van der Waals surface area contributed by atoms with Crippen molar-refractivity contribution in [2.75, 3.05) is 0 Å². The summed E-state index contributed by atoms with van der Waals surface area (Å²) >= 11 is 0. The highest BCUT2D eigenvalue weighted by molar-refractivity contribution is 5.43. The molecule has 0 saturated heterocycles. The van der Waals surface area contributed by atoms with Crippen molar-refractivity contribution >= 4 is 0 Å². The van der Waals surface area contributed by atoms with E-state index in [0.29, 0.717) is 13.2 Å². The molecule has 0 unspecified atom stereocenters. The summed E-state index contributed by atoms with van der Waals surface area (Å²) in [5, 5.41) is 0. The van der Waals surface area contributed by atoms with E-state index in [1.807, 2.05) is 12.1 Å². The molecule has 0 aromatic heterocycles. The molecule has 0 fully saturated rings. The van der Waals surface area contributed by atoms with Crippen LogP contribution in [0.3, 0.4) is 0 Å². The number of rotatable bonds is 6. The molecule has 0 aliphatic heterocycles. The molecule has 3 aromatic rings. The second kappa shape index (κ2) is 11.4. The van der Waals surface area contributed by atoms with E-state index in [4.69, 9.17) is 15.9 Å². The fourth-order valence-electron chi connectivity index (χ4n) is 4.44. The molecule has 40 heavy (non-hydrogen) atoms. The molecule has 0 atom stereocenters. The summed E-state index contributed by atoms with van der Waals surface area (Å²) in [6.07, 6.45) is 5.84. The van der Waals surface area contributed by atoms with Crippen LogP contribution in [-0.2, 0) is 34.9 Å². The maximum absolute atomic E-state index is 6.38. The Morgan fingerprint density at radius 1 is 0.475 bits per heavy atom. The number of benzene rings is 3. The van der Waals surface area contributed by atoms with Crippen molar-refractivity contribution in [1.29, 1.82) is 0 Å². The van der Waals surface area contributed by atoms with Crippen LogP contribution in [0.4, 0.5) is 0 Å². The van der Waals surface area contributed by atoms with Gasteiger partial charge in [-0.25, -0.2) is 0 Å². The first kappa shape index (κ1) is 31.3. The Kier molecular flexibility index (Phi) is 8.91. The number of hydrogen-bond acceptors (Lipinski definition) is 2. The van der Waals surface area contributed by atoms with Gasteiger partial charge in [0, 0.05) is 5.56 Å². The Bertz CT molecular complexity index is 1210. The molecule has 0 aliphatic rings. The summed E-state index contributed by atoms with van der Waals surface area (Å²) < 4.78 is 12.8. The minimum Gasteiger partial charge on any atom is -0.489 e. The molecule has 2 nitrogen and oxygen atoms in total.